The van der Waals surface area contributed by atoms with E-state index in [0.29, 0.717) is 17.6 Å². The van der Waals surface area contributed by atoms with Crippen molar-refractivity contribution in [2.24, 2.45) is 11.8 Å². The topological polar surface area (TPSA) is 73.8 Å². The fraction of sp³-hybridized carbons (Fsp3) is 0.250. The van der Waals surface area contributed by atoms with Gasteiger partial charge in [-0.15, -0.1) is 0 Å². The van der Waals surface area contributed by atoms with Gasteiger partial charge in [0.05, 0.1) is 0 Å². The Morgan fingerprint density at radius 3 is 2.70 bits per heavy atom. The average molecular weight is 270 g/mol. The van der Waals surface area contributed by atoms with Crippen LogP contribution < -0.4 is 0 Å². The molecule has 20 heavy (non-hydrogen) atoms. The SMILES string of the molecule is Oc1cc(O)c2c(O)c(C=C3CC4C=CC3C4)oc2c1. The second kappa shape index (κ2) is 3.82. The van der Waals surface area contributed by atoms with Crippen LogP contribution in [0.1, 0.15) is 18.6 Å². The molecule has 1 aromatic heterocycles. The Bertz CT molecular complexity index is 766. The molecule has 2 aliphatic carbocycles. The van der Waals surface area contributed by atoms with E-state index in [1.54, 1.807) is 0 Å². The Morgan fingerprint density at radius 2 is 2.00 bits per heavy atom. The van der Waals surface area contributed by atoms with E-state index < -0.39 is 0 Å². The number of rotatable bonds is 1. The molecule has 1 aromatic carbocycles. The Kier molecular flexibility index (Phi) is 2.19. The molecule has 0 radical (unpaired) electrons. The third-order valence-corrected chi connectivity index (χ3v) is 4.22. The zero-order valence-corrected chi connectivity index (χ0v) is 10.7. The van der Waals surface area contributed by atoms with Gasteiger partial charge >= 0.3 is 0 Å². The van der Waals surface area contributed by atoms with E-state index in [1.165, 1.54) is 17.7 Å². The van der Waals surface area contributed by atoms with Crippen molar-refractivity contribution in [3.05, 3.63) is 35.6 Å². The van der Waals surface area contributed by atoms with Crippen molar-refractivity contribution in [3.63, 3.8) is 0 Å². The molecule has 102 valence electrons. The van der Waals surface area contributed by atoms with E-state index in [2.05, 4.69) is 12.2 Å². The van der Waals surface area contributed by atoms with Gasteiger partial charge in [0.2, 0.25) is 0 Å². The van der Waals surface area contributed by atoms with Gasteiger partial charge in [-0.25, -0.2) is 0 Å². The molecule has 4 heteroatoms. The predicted octanol–water partition coefficient (Wildman–Crippen LogP) is 3.53. The first-order valence-electron chi connectivity index (χ1n) is 6.68. The maximum Gasteiger partial charge on any atom is 0.173 e. The fourth-order valence-corrected chi connectivity index (χ4v) is 3.28. The van der Waals surface area contributed by atoms with Gasteiger partial charge in [0.25, 0.3) is 0 Å². The molecule has 2 aromatic rings. The molecule has 1 heterocycles. The summed E-state index contributed by atoms with van der Waals surface area (Å²) in [6, 6.07) is 2.58. The molecule has 0 amide bonds. The first kappa shape index (κ1) is 11.5. The summed E-state index contributed by atoms with van der Waals surface area (Å²) in [6.07, 6.45) is 8.43. The summed E-state index contributed by atoms with van der Waals surface area (Å²) in [6.45, 7) is 0. The summed E-state index contributed by atoms with van der Waals surface area (Å²) in [5.74, 6) is 1.04. The Labute approximate surface area is 115 Å². The van der Waals surface area contributed by atoms with Crippen LogP contribution in [0, 0.1) is 11.8 Å². The molecule has 1 saturated carbocycles. The van der Waals surface area contributed by atoms with E-state index in [-0.39, 0.29) is 28.2 Å². The molecule has 2 aliphatic rings. The Hall–Kier alpha value is -2.36. The number of hydrogen-bond donors (Lipinski definition) is 3. The van der Waals surface area contributed by atoms with Gasteiger partial charge in [0, 0.05) is 12.1 Å². The normalized spacial score (nSPS) is 26.1. The monoisotopic (exact) mass is 270 g/mol. The van der Waals surface area contributed by atoms with Crippen LogP contribution in [0.25, 0.3) is 17.0 Å². The molecule has 0 aliphatic heterocycles. The highest BCUT2D eigenvalue weighted by Gasteiger charge is 2.31. The number of furan rings is 1. The molecule has 0 saturated heterocycles. The van der Waals surface area contributed by atoms with Crippen molar-refractivity contribution in [2.45, 2.75) is 12.8 Å². The van der Waals surface area contributed by atoms with Crippen molar-refractivity contribution in [3.8, 4) is 17.2 Å². The van der Waals surface area contributed by atoms with Crippen molar-refractivity contribution < 1.29 is 19.7 Å². The number of phenols is 2. The minimum Gasteiger partial charge on any atom is -0.508 e. The van der Waals surface area contributed by atoms with Crippen LogP contribution in [0.5, 0.6) is 17.2 Å². The summed E-state index contributed by atoms with van der Waals surface area (Å²) in [5.41, 5.74) is 1.53. The van der Waals surface area contributed by atoms with Crippen LogP contribution in [0.15, 0.2) is 34.3 Å². The van der Waals surface area contributed by atoms with Crippen LogP contribution in [-0.2, 0) is 0 Å². The number of phenolic OH excluding ortho intramolecular Hbond substituents is 2. The average Bonchev–Trinajstić information content (AvgIpc) is 3.05. The summed E-state index contributed by atoms with van der Waals surface area (Å²) < 4.78 is 5.56. The quantitative estimate of drug-likeness (QED) is 0.693. The molecule has 4 rings (SSSR count). The fourth-order valence-electron chi connectivity index (χ4n) is 3.28. The number of aromatic hydroxyl groups is 3. The van der Waals surface area contributed by atoms with Gasteiger partial charge in [0.15, 0.2) is 11.5 Å². The number of fused-ring (bicyclic) bond motifs is 3. The van der Waals surface area contributed by atoms with E-state index in [4.69, 9.17) is 4.42 Å². The molecular weight excluding hydrogens is 256 g/mol. The van der Waals surface area contributed by atoms with E-state index in [9.17, 15) is 15.3 Å². The van der Waals surface area contributed by atoms with Gasteiger partial charge in [-0.2, -0.15) is 0 Å². The highest BCUT2D eigenvalue weighted by molar-refractivity contribution is 5.94. The van der Waals surface area contributed by atoms with Crippen LogP contribution in [-0.4, -0.2) is 15.3 Å². The predicted molar refractivity (Wildman–Crippen MR) is 74.5 cm³/mol. The molecule has 1 fully saturated rings. The zero-order valence-electron chi connectivity index (χ0n) is 10.7. The molecular formula is C16H14O4. The lowest BCUT2D eigenvalue weighted by atomic mass is 10.00. The third-order valence-electron chi connectivity index (χ3n) is 4.22. The number of hydrogen-bond acceptors (Lipinski definition) is 4. The van der Waals surface area contributed by atoms with E-state index >= 15 is 0 Å². The number of benzene rings is 1. The lowest BCUT2D eigenvalue weighted by Crippen LogP contribution is -1.91. The summed E-state index contributed by atoms with van der Waals surface area (Å²) in [7, 11) is 0. The van der Waals surface area contributed by atoms with Crippen molar-refractivity contribution in [1.29, 1.82) is 0 Å². The van der Waals surface area contributed by atoms with E-state index in [1.807, 2.05) is 6.08 Å². The minimum atomic E-state index is -0.182. The van der Waals surface area contributed by atoms with Gasteiger partial charge in [-0.1, -0.05) is 17.7 Å². The molecule has 2 atom stereocenters. The van der Waals surface area contributed by atoms with Crippen LogP contribution in [0.4, 0.5) is 0 Å². The summed E-state index contributed by atoms with van der Waals surface area (Å²) in [5, 5.41) is 29.7. The third kappa shape index (κ3) is 1.54. The largest absolute Gasteiger partial charge is 0.508 e. The molecule has 3 N–H and O–H groups in total. The van der Waals surface area contributed by atoms with Crippen LogP contribution >= 0.6 is 0 Å². The molecule has 0 spiro atoms. The standard InChI is InChI=1S/C16H14O4/c17-11-6-12(18)15-13(7-11)20-14(16(15)19)5-10-4-8-1-2-9(10)3-8/h1-2,5-9,17-19H,3-4H2. The lowest BCUT2D eigenvalue weighted by Gasteiger charge is -2.06. The Morgan fingerprint density at radius 1 is 1.15 bits per heavy atom. The van der Waals surface area contributed by atoms with Gasteiger partial charge in [0.1, 0.15) is 22.5 Å². The zero-order chi connectivity index (χ0) is 13.9. The first-order chi connectivity index (χ1) is 9.61. The lowest BCUT2D eigenvalue weighted by molar-refractivity contribution is 0.449. The van der Waals surface area contributed by atoms with Gasteiger partial charge < -0.3 is 19.7 Å². The Balaban J connectivity index is 1.85. The summed E-state index contributed by atoms with van der Waals surface area (Å²) in [4.78, 5) is 0. The minimum absolute atomic E-state index is 0.0725. The highest BCUT2D eigenvalue weighted by Crippen LogP contribution is 2.46. The highest BCUT2D eigenvalue weighted by atomic mass is 16.4. The van der Waals surface area contributed by atoms with Crippen molar-refractivity contribution >= 4 is 17.0 Å². The first-order valence-corrected chi connectivity index (χ1v) is 6.68. The van der Waals surface area contributed by atoms with Crippen molar-refractivity contribution in [2.75, 3.05) is 0 Å². The summed E-state index contributed by atoms with van der Waals surface area (Å²) >= 11 is 0. The number of allylic oxidation sites excluding steroid dienone is 3. The van der Waals surface area contributed by atoms with Crippen LogP contribution in [0.3, 0.4) is 0 Å². The maximum atomic E-state index is 10.2. The molecule has 2 unspecified atom stereocenters. The van der Waals surface area contributed by atoms with Gasteiger partial charge in [-0.05, 0) is 30.8 Å². The molecule has 4 nitrogen and oxygen atoms in total. The van der Waals surface area contributed by atoms with Crippen molar-refractivity contribution in [1.82, 2.24) is 0 Å². The smallest absolute Gasteiger partial charge is 0.173 e. The van der Waals surface area contributed by atoms with Gasteiger partial charge in [-0.3, -0.25) is 0 Å². The van der Waals surface area contributed by atoms with Crippen LogP contribution in [0.2, 0.25) is 0 Å². The maximum absolute atomic E-state index is 10.2. The second-order valence-electron chi connectivity index (χ2n) is 5.56. The second-order valence-corrected chi connectivity index (χ2v) is 5.56. The van der Waals surface area contributed by atoms with E-state index in [0.717, 1.165) is 12.8 Å². The molecule has 2 bridgehead atoms.